The lowest BCUT2D eigenvalue weighted by molar-refractivity contribution is 0.0912. The second-order valence-electron chi connectivity index (χ2n) is 8.63. The molecule has 0 spiro atoms. The Balaban J connectivity index is 1.83. The Kier molecular flexibility index (Phi) is 9.14. The van der Waals surface area contributed by atoms with Crippen LogP contribution in [0.1, 0.15) is 53.2 Å². The van der Waals surface area contributed by atoms with Gasteiger partial charge in [0.1, 0.15) is 17.4 Å². The molecule has 0 bridgehead atoms. The SMILES string of the molecule is C=C(/N=C(\C(N)=N/C)c1ccc(C(=O)N[C@H](CO)c2cccc(Cl)c2)c(F)c1)[C@H]1CC[C@@H](N)CC1. The summed E-state index contributed by atoms with van der Waals surface area (Å²) in [6, 6.07) is 10.3. The van der Waals surface area contributed by atoms with Gasteiger partial charge < -0.3 is 21.9 Å². The monoisotopic (exact) mass is 499 g/mol. The van der Waals surface area contributed by atoms with Gasteiger partial charge in [-0.25, -0.2) is 9.38 Å². The number of nitrogens with one attached hydrogen (secondary N) is 1. The maximum Gasteiger partial charge on any atom is 0.254 e. The Morgan fingerprint density at radius 2 is 1.97 bits per heavy atom. The highest BCUT2D eigenvalue weighted by atomic mass is 35.5. The zero-order chi connectivity index (χ0) is 25.5. The van der Waals surface area contributed by atoms with Crippen LogP contribution in [-0.2, 0) is 0 Å². The van der Waals surface area contributed by atoms with Crippen LogP contribution in [0.4, 0.5) is 4.39 Å². The second kappa shape index (κ2) is 12.1. The van der Waals surface area contributed by atoms with E-state index in [0.29, 0.717) is 27.6 Å². The predicted molar refractivity (Wildman–Crippen MR) is 138 cm³/mol. The van der Waals surface area contributed by atoms with Crippen molar-refractivity contribution in [2.45, 2.75) is 37.8 Å². The first-order valence-electron chi connectivity index (χ1n) is 11.5. The lowest BCUT2D eigenvalue weighted by Gasteiger charge is -2.26. The van der Waals surface area contributed by atoms with E-state index in [-0.39, 0.29) is 30.0 Å². The molecular formula is C26H31ClFN5O2. The highest BCUT2D eigenvalue weighted by Gasteiger charge is 2.23. The summed E-state index contributed by atoms with van der Waals surface area (Å²) in [5, 5.41) is 12.8. The van der Waals surface area contributed by atoms with Gasteiger partial charge in [0.05, 0.1) is 18.2 Å². The first-order chi connectivity index (χ1) is 16.7. The first-order valence-corrected chi connectivity index (χ1v) is 11.8. The highest BCUT2D eigenvalue weighted by Crippen LogP contribution is 2.29. The van der Waals surface area contributed by atoms with E-state index in [4.69, 9.17) is 23.1 Å². The molecule has 0 heterocycles. The topological polar surface area (TPSA) is 126 Å². The molecule has 2 aromatic carbocycles. The summed E-state index contributed by atoms with van der Waals surface area (Å²) in [6.07, 6.45) is 3.56. The average molecular weight is 500 g/mol. The van der Waals surface area contributed by atoms with E-state index >= 15 is 4.39 Å². The molecular weight excluding hydrogens is 469 g/mol. The molecule has 2 aromatic rings. The van der Waals surface area contributed by atoms with Crippen LogP contribution >= 0.6 is 11.6 Å². The third-order valence-corrected chi connectivity index (χ3v) is 6.44. The molecule has 7 nitrogen and oxygen atoms in total. The van der Waals surface area contributed by atoms with Crippen molar-refractivity contribution in [2.75, 3.05) is 13.7 Å². The fraction of sp³-hybridized carbons (Fsp3) is 0.346. The molecule has 0 aliphatic heterocycles. The number of aliphatic imine (C=N–C) groups is 2. The number of hydrogen-bond acceptors (Lipinski definition) is 5. The molecule has 35 heavy (non-hydrogen) atoms. The number of carbonyl (C=O) groups is 1. The van der Waals surface area contributed by atoms with Gasteiger partial charge in [0.2, 0.25) is 0 Å². The molecule has 9 heteroatoms. The van der Waals surface area contributed by atoms with Crippen molar-refractivity contribution < 1.29 is 14.3 Å². The highest BCUT2D eigenvalue weighted by molar-refractivity contribution is 6.47. The number of benzene rings is 2. The van der Waals surface area contributed by atoms with Gasteiger partial charge in [-0.3, -0.25) is 9.79 Å². The van der Waals surface area contributed by atoms with Crippen LogP contribution in [0.15, 0.2) is 64.7 Å². The van der Waals surface area contributed by atoms with Crippen LogP contribution in [0, 0.1) is 11.7 Å². The number of hydrogen-bond donors (Lipinski definition) is 4. The number of rotatable bonds is 8. The number of allylic oxidation sites excluding steroid dienone is 1. The van der Waals surface area contributed by atoms with Crippen LogP contribution in [0.5, 0.6) is 0 Å². The second-order valence-corrected chi connectivity index (χ2v) is 9.07. The Morgan fingerprint density at radius 1 is 1.26 bits per heavy atom. The molecule has 3 rings (SSSR count). The average Bonchev–Trinajstić information content (AvgIpc) is 2.85. The lowest BCUT2D eigenvalue weighted by Crippen LogP contribution is -2.31. The Bertz CT molecular complexity index is 1140. The smallest absolute Gasteiger partial charge is 0.254 e. The number of aliphatic hydroxyl groups excluding tert-OH is 1. The normalized spacial score (nSPS) is 19.8. The van der Waals surface area contributed by atoms with E-state index in [9.17, 15) is 9.90 Å². The third kappa shape index (κ3) is 6.75. The molecule has 1 atom stereocenters. The molecule has 0 radical (unpaired) electrons. The number of amides is 1. The third-order valence-electron chi connectivity index (χ3n) is 6.21. The van der Waals surface area contributed by atoms with Crippen LogP contribution in [0.2, 0.25) is 5.02 Å². The molecule has 186 valence electrons. The van der Waals surface area contributed by atoms with Crippen molar-refractivity contribution >= 4 is 29.1 Å². The molecule has 0 saturated heterocycles. The van der Waals surface area contributed by atoms with E-state index in [0.717, 1.165) is 25.7 Å². The van der Waals surface area contributed by atoms with Crippen molar-refractivity contribution in [3.8, 4) is 0 Å². The van der Waals surface area contributed by atoms with Gasteiger partial charge in [0.25, 0.3) is 5.91 Å². The minimum Gasteiger partial charge on any atom is -0.394 e. The largest absolute Gasteiger partial charge is 0.394 e. The lowest BCUT2D eigenvalue weighted by atomic mass is 9.85. The molecule has 0 unspecified atom stereocenters. The van der Waals surface area contributed by atoms with Gasteiger partial charge in [0.15, 0.2) is 0 Å². The standard InChI is InChI=1S/C26H31ClFN5O2/c1-15(16-6-9-20(29)10-7-16)32-24(25(30)31-2)18-8-11-21(22(28)13-18)26(35)33-23(14-34)17-4-3-5-19(27)12-17/h3-5,8,11-13,16,20,23,34H,1,6-7,9-10,14,29H2,2H3,(H2,30,31)(H,33,35)/b32-24-/t16-,20+,23-/m1/s1. The Hall–Kier alpha value is -3.07. The minimum absolute atomic E-state index is 0.136. The van der Waals surface area contributed by atoms with Crippen molar-refractivity contribution in [1.82, 2.24) is 5.32 Å². The number of amidine groups is 1. The van der Waals surface area contributed by atoms with Gasteiger partial charge in [-0.1, -0.05) is 36.4 Å². The molecule has 1 aliphatic rings. The summed E-state index contributed by atoms with van der Waals surface area (Å²) < 4.78 is 15.1. The van der Waals surface area contributed by atoms with Crippen LogP contribution in [0.25, 0.3) is 0 Å². The Morgan fingerprint density at radius 3 is 2.57 bits per heavy atom. The van der Waals surface area contributed by atoms with Gasteiger partial charge in [-0.05, 0) is 55.5 Å². The number of nitrogens with zero attached hydrogens (tertiary/aromatic N) is 2. The van der Waals surface area contributed by atoms with Crippen molar-refractivity contribution in [2.24, 2.45) is 27.4 Å². The fourth-order valence-corrected chi connectivity index (χ4v) is 4.30. The maximum atomic E-state index is 15.1. The van der Waals surface area contributed by atoms with E-state index < -0.39 is 17.8 Å². The van der Waals surface area contributed by atoms with E-state index in [2.05, 4.69) is 21.9 Å². The van der Waals surface area contributed by atoms with E-state index in [1.54, 1.807) is 30.3 Å². The van der Waals surface area contributed by atoms with Gasteiger partial charge in [-0.2, -0.15) is 0 Å². The summed E-state index contributed by atoms with van der Waals surface area (Å²) in [7, 11) is 1.52. The molecule has 6 N–H and O–H groups in total. The summed E-state index contributed by atoms with van der Waals surface area (Å²) in [5.41, 5.74) is 13.8. The van der Waals surface area contributed by atoms with Crippen molar-refractivity contribution in [3.05, 3.63) is 82.3 Å². The summed E-state index contributed by atoms with van der Waals surface area (Å²) in [6.45, 7) is 3.73. The molecule has 1 aliphatic carbocycles. The van der Waals surface area contributed by atoms with Gasteiger partial charge >= 0.3 is 0 Å². The maximum absolute atomic E-state index is 15.1. The van der Waals surface area contributed by atoms with E-state index in [1.165, 1.54) is 19.2 Å². The van der Waals surface area contributed by atoms with Gasteiger partial charge in [0, 0.05) is 35.3 Å². The van der Waals surface area contributed by atoms with Crippen LogP contribution in [-0.4, -0.2) is 42.3 Å². The minimum atomic E-state index is -0.756. The quantitative estimate of drug-likeness (QED) is 0.326. The summed E-state index contributed by atoms with van der Waals surface area (Å²) in [5.74, 6) is -1.12. The zero-order valence-corrected chi connectivity index (χ0v) is 20.4. The number of nitrogens with two attached hydrogens (primary N) is 2. The molecule has 0 aromatic heterocycles. The van der Waals surface area contributed by atoms with Gasteiger partial charge in [-0.15, -0.1) is 0 Å². The van der Waals surface area contributed by atoms with E-state index in [1.807, 2.05) is 0 Å². The molecule has 1 saturated carbocycles. The molecule has 1 fully saturated rings. The van der Waals surface area contributed by atoms with Crippen molar-refractivity contribution in [1.29, 1.82) is 0 Å². The first kappa shape index (κ1) is 26.5. The van der Waals surface area contributed by atoms with Crippen LogP contribution < -0.4 is 16.8 Å². The zero-order valence-electron chi connectivity index (χ0n) is 19.7. The van der Waals surface area contributed by atoms with Crippen LogP contribution in [0.3, 0.4) is 0 Å². The van der Waals surface area contributed by atoms with Crippen molar-refractivity contribution in [3.63, 3.8) is 0 Å². The fourth-order valence-electron chi connectivity index (χ4n) is 4.10. The predicted octanol–water partition coefficient (Wildman–Crippen LogP) is 3.75. The molecule has 1 amide bonds. The number of halogens is 2. The summed E-state index contributed by atoms with van der Waals surface area (Å²) in [4.78, 5) is 21.4. The summed E-state index contributed by atoms with van der Waals surface area (Å²) >= 11 is 6.00. The number of carbonyl (C=O) groups excluding carboxylic acids is 1. The Labute approximate surface area is 209 Å². The number of aliphatic hydroxyl groups is 1.